The van der Waals surface area contributed by atoms with Crippen molar-refractivity contribution in [3.63, 3.8) is 0 Å². The molecule has 2 heterocycles. The van der Waals surface area contributed by atoms with Gasteiger partial charge in [0.1, 0.15) is 17.5 Å². The van der Waals surface area contributed by atoms with Crippen LogP contribution in [0.25, 0.3) is 0 Å². The van der Waals surface area contributed by atoms with E-state index in [9.17, 15) is 0 Å². The molecule has 20 heavy (non-hydrogen) atoms. The number of anilines is 2. The topological polar surface area (TPSA) is 58.3 Å². The van der Waals surface area contributed by atoms with Gasteiger partial charge in [0, 0.05) is 31.6 Å². The molecule has 0 aliphatic carbocycles. The first-order valence-electron chi connectivity index (χ1n) is 7.57. The first kappa shape index (κ1) is 15.0. The van der Waals surface area contributed by atoms with Crippen LogP contribution in [0, 0.1) is 6.92 Å². The zero-order chi connectivity index (χ0) is 14.7. The maximum absolute atomic E-state index is 6.06. The molecule has 0 bridgehead atoms. The van der Waals surface area contributed by atoms with Crippen LogP contribution in [0.3, 0.4) is 0 Å². The van der Waals surface area contributed by atoms with E-state index in [0.717, 1.165) is 36.6 Å². The Morgan fingerprint density at radius 3 is 2.80 bits per heavy atom. The number of piperidine rings is 1. The summed E-state index contributed by atoms with van der Waals surface area (Å²) in [6, 6.07) is 0.510. The normalized spacial score (nSPS) is 20.1. The monoisotopic (exact) mass is 277 g/mol. The third-order valence-corrected chi connectivity index (χ3v) is 4.16. The van der Waals surface area contributed by atoms with Gasteiger partial charge in [-0.05, 0) is 39.8 Å². The molecule has 1 atom stereocenters. The molecule has 0 amide bonds. The molecule has 5 nitrogen and oxygen atoms in total. The molecular formula is C15H27N5. The Bertz CT molecular complexity index is 460. The Labute approximate surface area is 122 Å². The van der Waals surface area contributed by atoms with Gasteiger partial charge in [-0.3, -0.25) is 0 Å². The molecule has 1 aliphatic heterocycles. The molecule has 0 aromatic carbocycles. The van der Waals surface area contributed by atoms with Crippen molar-refractivity contribution in [1.82, 2.24) is 14.9 Å². The van der Waals surface area contributed by atoms with E-state index in [1.807, 2.05) is 6.92 Å². The van der Waals surface area contributed by atoms with Gasteiger partial charge in [0.05, 0.1) is 0 Å². The molecule has 1 aromatic rings. The van der Waals surface area contributed by atoms with Crippen molar-refractivity contribution in [2.24, 2.45) is 0 Å². The highest BCUT2D eigenvalue weighted by molar-refractivity contribution is 5.56. The molecule has 1 unspecified atom stereocenters. The maximum atomic E-state index is 6.06. The minimum atomic E-state index is 0.510. The van der Waals surface area contributed by atoms with Gasteiger partial charge in [-0.15, -0.1) is 0 Å². The lowest BCUT2D eigenvalue weighted by atomic mass is 10.0. The van der Waals surface area contributed by atoms with Crippen molar-refractivity contribution in [2.75, 3.05) is 37.8 Å². The van der Waals surface area contributed by atoms with Crippen LogP contribution < -0.4 is 10.6 Å². The summed E-state index contributed by atoms with van der Waals surface area (Å²) in [5.41, 5.74) is 7.06. The molecule has 112 valence electrons. The molecule has 1 fully saturated rings. The Hall–Kier alpha value is -1.36. The van der Waals surface area contributed by atoms with E-state index in [-0.39, 0.29) is 0 Å². The first-order valence-corrected chi connectivity index (χ1v) is 7.57. The SMILES string of the molecule is CCCc1nc(N)c(C)c(N(C)C2CCCN(C)C2)n1. The summed E-state index contributed by atoms with van der Waals surface area (Å²) >= 11 is 0. The van der Waals surface area contributed by atoms with Crippen LogP contribution in [0.15, 0.2) is 0 Å². The predicted molar refractivity (Wildman–Crippen MR) is 84.1 cm³/mol. The Balaban J connectivity index is 2.25. The van der Waals surface area contributed by atoms with Crippen molar-refractivity contribution in [2.45, 2.75) is 45.6 Å². The number of nitrogens with two attached hydrogens (primary N) is 1. The van der Waals surface area contributed by atoms with E-state index < -0.39 is 0 Å². The molecule has 0 saturated carbocycles. The molecule has 2 N–H and O–H groups in total. The van der Waals surface area contributed by atoms with Crippen molar-refractivity contribution in [3.8, 4) is 0 Å². The standard InChI is InChI=1S/C15H27N5/c1-5-7-13-17-14(16)11(2)15(18-13)20(4)12-8-6-9-19(3)10-12/h12H,5-10H2,1-4H3,(H2,16,17,18). The van der Waals surface area contributed by atoms with Crippen LogP contribution in [0.4, 0.5) is 11.6 Å². The van der Waals surface area contributed by atoms with E-state index in [0.29, 0.717) is 11.9 Å². The second-order valence-corrected chi connectivity index (χ2v) is 5.89. The Morgan fingerprint density at radius 1 is 1.40 bits per heavy atom. The number of nitrogens with zero attached hydrogens (tertiary/aromatic N) is 4. The molecule has 5 heteroatoms. The zero-order valence-corrected chi connectivity index (χ0v) is 13.2. The quantitative estimate of drug-likeness (QED) is 0.910. The van der Waals surface area contributed by atoms with Crippen LogP contribution >= 0.6 is 0 Å². The summed E-state index contributed by atoms with van der Waals surface area (Å²) in [6.45, 7) is 6.43. The number of hydrogen-bond acceptors (Lipinski definition) is 5. The Morgan fingerprint density at radius 2 is 2.15 bits per heavy atom. The van der Waals surface area contributed by atoms with Crippen LogP contribution in [-0.2, 0) is 6.42 Å². The van der Waals surface area contributed by atoms with Crippen molar-refractivity contribution < 1.29 is 0 Å². The van der Waals surface area contributed by atoms with E-state index in [4.69, 9.17) is 10.7 Å². The number of likely N-dealkylation sites (tertiary alicyclic amines) is 1. The highest BCUT2D eigenvalue weighted by Gasteiger charge is 2.24. The number of hydrogen-bond donors (Lipinski definition) is 1. The third-order valence-electron chi connectivity index (χ3n) is 4.16. The zero-order valence-electron chi connectivity index (χ0n) is 13.2. The minimum absolute atomic E-state index is 0.510. The number of likely N-dealkylation sites (N-methyl/N-ethyl adjacent to an activating group) is 2. The predicted octanol–water partition coefficient (Wildman–Crippen LogP) is 1.85. The molecule has 1 aromatic heterocycles. The Kier molecular flexibility index (Phi) is 4.81. The van der Waals surface area contributed by atoms with Crippen LogP contribution in [0.1, 0.15) is 37.6 Å². The van der Waals surface area contributed by atoms with Gasteiger partial charge in [0.2, 0.25) is 0 Å². The molecule has 1 saturated heterocycles. The lowest BCUT2D eigenvalue weighted by molar-refractivity contribution is 0.247. The molecule has 2 rings (SSSR count). The van der Waals surface area contributed by atoms with E-state index in [2.05, 4.69) is 35.8 Å². The fourth-order valence-electron chi connectivity index (χ4n) is 2.88. The fraction of sp³-hybridized carbons (Fsp3) is 0.733. The summed E-state index contributed by atoms with van der Waals surface area (Å²) in [6.07, 6.45) is 4.38. The molecular weight excluding hydrogens is 250 g/mol. The van der Waals surface area contributed by atoms with E-state index in [1.54, 1.807) is 0 Å². The fourth-order valence-corrected chi connectivity index (χ4v) is 2.88. The van der Waals surface area contributed by atoms with Crippen LogP contribution in [0.5, 0.6) is 0 Å². The average Bonchev–Trinajstić information content (AvgIpc) is 2.42. The van der Waals surface area contributed by atoms with Gasteiger partial charge in [-0.2, -0.15) is 0 Å². The van der Waals surface area contributed by atoms with Gasteiger partial charge < -0.3 is 15.5 Å². The van der Waals surface area contributed by atoms with Crippen molar-refractivity contribution in [1.29, 1.82) is 0 Å². The number of aromatic nitrogens is 2. The lowest BCUT2D eigenvalue weighted by Crippen LogP contribution is -2.45. The van der Waals surface area contributed by atoms with Crippen LogP contribution in [0.2, 0.25) is 0 Å². The highest BCUT2D eigenvalue weighted by Crippen LogP contribution is 2.25. The summed E-state index contributed by atoms with van der Waals surface area (Å²) in [7, 11) is 4.32. The summed E-state index contributed by atoms with van der Waals surface area (Å²) in [5, 5.41) is 0. The summed E-state index contributed by atoms with van der Waals surface area (Å²) in [4.78, 5) is 13.8. The second kappa shape index (κ2) is 6.39. The van der Waals surface area contributed by atoms with Gasteiger partial charge in [-0.25, -0.2) is 9.97 Å². The van der Waals surface area contributed by atoms with Gasteiger partial charge in [0.15, 0.2) is 0 Å². The van der Waals surface area contributed by atoms with Gasteiger partial charge in [-0.1, -0.05) is 6.92 Å². The number of nitrogen functional groups attached to an aromatic ring is 1. The maximum Gasteiger partial charge on any atom is 0.137 e. The second-order valence-electron chi connectivity index (χ2n) is 5.89. The van der Waals surface area contributed by atoms with Gasteiger partial charge >= 0.3 is 0 Å². The lowest BCUT2D eigenvalue weighted by Gasteiger charge is -2.37. The largest absolute Gasteiger partial charge is 0.383 e. The van der Waals surface area contributed by atoms with Crippen molar-refractivity contribution in [3.05, 3.63) is 11.4 Å². The number of aryl methyl sites for hydroxylation is 1. The molecule has 0 spiro atoms. The molecule has 1 aliphatic rings. The van der Waals surface area contributed by atoms with Gasteiger partial charge in [0.25, 0.3) is 0 Å². The highest BCUT2D eigenvalue weighted by atomic mass is 15.2. The van der Waals surface area contributed by atoms with E-state index >= 15 is 0 Å². The average molecular weight is 277 g/mol. The summed E-state index contributed by atoms with van der Waals surface area (Å²) in [5.74, 6) is 2.48. The summed E-state index contributed by atoms with van der Waals surface area (Å²) < 4.78 is 0. The number of rotatable bonds is 4. The minimum Gasteiger partial charge on any atom is -0.383 e. The third kappa shape index (κ3) is 3.20. The molecule has 0 radical (unpaired) electrons. The van der Waals surface area contributed by atoms with Crippen molar-refractivity contribution >= 4 is 11.6 Å². The van der Waals surface area contributed by atoms with E-state index in [1.165, 1.54) is 19.4 Å². The first-order chi connectivity index (χ1) is 9.52. The van der Waals surface area contributed by atoms with Crippen LogP contribution in [-0.4, -0.2) is 48.1 Å². The smallest absolute Gasteiger partial charge is 0.137 e.